The molecule has 0 aromatic heterocycles. The van der Waals surface area contributed by atoms with Gasteiger partial charge in [-0.15, -0.1) is 0 Å². The Morgan fingerprint density at radius 2 is 2.14 bits per heavy atom. The molecule has 1 saturated heterocycles. The van der Waals surface area contributed by atoms with E-state index >= 15 is 0 Å². The molecule has 22 heavy (non-hydrogen) atoms. The summed E-state index contributed by atoms with van der Waals surface area (Å²) in [7, 11) is 0. The number of aryl methyl sites for hydroxylation is 1. The first-order valence-electron chi connectivity index (χ1n) is 8.08. The normalized spacial score (nSPS) is 22.4. The Hall–Kier alpha value is -1.88. The predicted octanol–water partition coefficient (Wildman–Crippen LogP) is 1.00. The number of benzene rings is 1. The zero-order valence-corrected chi connectivity index (χ0v) is 12.8. The second kappa shape index (κ2) is 6.92. The SMILES string of the molecule is O=C1CCN(CC(=O)NC2CCCc3ccccc32)CCN1. The summed E-state index contributed by atoms with van der Waals surface area (Å²) in [6.45, 7) is 2.38. The molecule has 5 heteroatoms. The van der Waals surface area contributed by atoms with E-state index in [4.69, 9.17) is 0 Å². The van der Waals surface area contributed by atoms with Gasteiger partial charge in [-0.25, -0.2) is 0 Å². The molecule has 1 aliphatic heterocycles. The number of carbonyl (C=O) groups is 2. The Balaban J connectivity index is 1.57. The van der Waals surface area contributed by atoms with Crippen molar-refractivity contribution in [3.8, 4) is 0 Å². The fourth-order valence-corrected chi connectivity index (χ4v) is 3.32. The molecule has 2 amide bonds. The Labute approximate surface area is 131 Å². The highest BCUT2D eigenvalue weighted by atomic mass is 16.2. The van der Waals surface area contributed by atoms with Crippen molar-refractivity contribution in [1.82, 2.24) is 15.5 Å². The van der Waals surface area contributed by atoms with E-state index in [1.54, 1.807) is 0 Å². The van der Waals surface area contributed by atoms with Gasteiger partial charge >= 0.3 is 0 Å². The lowest BCUT2D eigenvalue weighted by atomic mass is 9.88. The Kier molecular flexibility index (Phi) is 4.73. The van der Waals surface area contributed by atoms with Gasteiger partial charge < -0.3 is 10.6 Å². The van der Waals surface area contributed by atoms with Crippen LogP contribution >= 0.6 is 0 Å². The summed E-state index contributed by atoms with van der Waals surface area (Å²) in [5.41, 5.74) is 2.61. The smallest absolute Gasteiger partial charge is 0.234 e. The van der Waals surface area contributed by atoms with E-state index in [0.29, 0.717) is 26.1 Å². The predicted molar refractivity (Wildman–Crippen MR) is 84.3 cm³/mol. The first-order chi connectivity index (χ1) is 10.7. The van der Waals surface area contributed by atoms with Crippen LogP contribution in [0.15, 0.2) is 24.3 Å². The number of carbonyl (C=O) groups excluding carboxylic acids is 2. The monoisotopic (exact) mass is 301 g/mol. The average Bonchev–Trinajstić information content (AvgIpc) is 2.72. The molecule has 1 fully saturated rings. The number of amides is 2. The van der Waals surface area contributed by atoms with Crippen molar-refractivity contribution in [2.45, 2.75) is 31.7 Å². The van der Waals surface area contributed by atoms with Gasteiger partial charge in [0.1, 0.15) is 0 Å². The van der Waals surface area contributed by atoms with Gasteiger partial charge in [-0.05, 0) is 30.4 Å². The molecular weight excluding hydrogens is 278 g/mol. The van der Waals surface area contributed by atoms with E-state index in [1.165, 1.54) is 11.1 Å². The molecule has 0 spiro atoms. The lowest BCUT2D eigenvalue weighted by Gasteiger charge is -2.27. The van der Waals surface area contributed by atoms with Crippen molar-refractivity contribution in [3.05, 3.63) is 35.4 Å². The van der Waals surface area contributed by atoms with Crippen molar-refractivity contribution in [2.75, 3.05) is 26.2 Å². The number of rotatable bonds is 3. The van der Waals surface area contributed by atoms with Crippen LogP contribution in [-0.2, 0) is 16.0 Å². The zero-order valence-electron chi connectivity index (χ0n) is 12.8. The first-order valence-corrected chi connectivity index (χ1v) is 8.08. The third-order valence-electron chi connectivity index (χ3n) is 4.48. The second-order valence-corrected chi connectivity index (χ2v) is 6.09. The molecule has 1 aromatic rings. The fourth-order valence-electron chi connectivity index (χ4n) is 3.32. The molecule has 3 rings (SSSR count). The molecule has 0 radical (unpaired) electrons. The maximum Gasteiger partial charge on any atom is 0.234 e. The topological polar surface area (TPSA) is 61.4 Å². The minimum Gasteiger partial charge on any atom is -0.355 e. The molecule has 0 saturated carbocycles. The van der Waals surface area contributed by atoms with Crippen molar-refractivity contribution in [2.24, 2.45) is 0 Å². The van der Waals surface area contributed by atoms with Gasteiger partial charge in [-0.1, -0.05) is 24.3 Å². The summed E-state index contributed by atoms with van der Waals surface area (Å²) in [5.74, 6) is 0.125. The van der Waals surface area contributed by atoms with Gasteiger partial charge in [0.05, 0.1) is 12.6 Å². The summed E-state index contributed by atoms with van der Waals surface area (Å²) in [4.78, 5) is 25.7. The summed E-state index contributed by atoms with van der Waals surface area (Å²) in [6.07, 6.45) is 3.69. The van der Waals surface area contributed by atoms with Gasteiger partial charge in [0.25, 0.3) is 0 Å². The van der Waals surface area contributed by atoms with Crippen LogP contribution in [0.1, 0.15) is 36.4 Å². The van der Waals surface area contributed by atoms with Crippen LogP contribution < -0.4 is 10.6 Å². The minimum atomic E-state index is 0.0519. The minimum absolute atomic E-state index is 0.0519. The van der Waals surface area contributed by atoms with Gasteiger partial charge in [0.2, 0.25) is 11.8 Å². The highest BCUT2D eigenvalue weighted by Crippen LogP contribution is 2.29. The largest absolute Gasteiger partial charge is 0.355 e. The maximum atomic E-state index is 12.3. The zero-order chi connectivity index (χ0) is 15.4. The second-order valence-electron chi connectivity index (χ2n) is 6.09. The molecule has 1 atom stereocenters. The van der Waals surface area contributed by atoms with Crippen molar-refractivity contribution < 1.29 is 9.59 Å². The quantitative estimate of drug-likeness (QED) is 0.875. The first kappa shape index (κ1) is 15.0. The highest BCUT2D eigenvalue weighted by molar-refractivity contribution is 5.79. The van der Waals surface area contributed by atoms with Gasteiger partial charge in [-0.3, -0.25) is 14.5 Å². The third kappa shape index (κ3) is 3.65. The van der Waals surface area contributed by atoms with Gasteiger partial charge in [0.15, 0.2) is 0 Å². The fraction of sp³-hybridized carbons (Fsp3) is 0.529. The highest BCUT2D eigenvalue weighted by Gasteiger charge is 2.22. The summed E-state index contributed by atoms with van der Waals surface area (Å²) in [6, 6.07) is 8.50. The molecule has 118 valence electrons. The molecule has 1 unspecified atom stereocenters. The van der Waals surface area contributed by atoms with E-state index < -0.39 is 0 Å². The van der Waals surface area contributed by atoms with E-state index in [0.717, 1.165) is 25.8 Å². The standard InChI is InChI=1S/C17H23N3O2/c21-16-8-10-20(11-9-18-16)12-17(22)19-15-7-3-5-13-4-1-2-6-14(13)15/h1-2,4,6,15H,3,5,7-12H2,(H,18,21)(H,19,22). The number of fused-ring (bicyclic) bond motifs is 1. The lowest BCUT2D eigenvalue weighted by molar-refractivity contribution is -0.124. The molecule has 1 aromatic carbocycles. The molecule has 0 bridgehead atoms. The van der Waals surface area contributed by atoms with Crippen LogP contribution in [0, 0.1) is 0 Å². The van der Waals surface area contributed by atoms with Crippen LogP contribution in [0.25, 0.3) is 0 Å². The molecule has 1 heterocycles. The third-order valence-corrected chi connectivity index (χ3v) is 4.48. The van der Waals surface area contributed by atoms with Gasteiger partial charge in [0, 0.05) is 26.1 Å². The number of nitrogens with zero attached hydrogens (tertiary/aromatic N) is 1. The number of nitrogens with one attached hydrogen (secondary N) is 2. The van der Waals surface area contributed by atoms with Crippen LogP contribution in [0.5, 0.6) is 0 Å². The lowest BCUT2D eigenvalue weighted by Crippen LogP contribution is -2.41. The maximum absolute atomic E-state index is 12.3. The van der Waals surface area contributed by atoms with E-state index in [-0.39, 0.29) is 17.9 Å². The molecule has 2 N–H and O–H groups in total. The molecular formula is C17H23N3O2. The van der Waals surface area contributed by atoms with E-state index in [2.05, 4.69) is 28.8 Å². The molecule has 2 aliphatic rings. The van der Waals surface area contributed by atoms with Gasteiger partial charge in [-0.2, -0.15) is 0 Å². The number of hydrogen-bond donors (Lipinski definition) is 2. The van der Waals surface area contributed by atoms with Crippen molar-refractivity contribution in [3.63, 3.8) is 0 Å². The molecule has 1 aliphatic carbocycles. The van der Waals surface area contributed by atoms with Crippen LogP contribution in [0.2, 0.25) is 0 Å². The Bertz CT molecular complexity index is 559. The Morgan fingerprint density at radius 1 is 1.27 bits per heavy atom. The summed E-state index contributed by atoms with van der Waals surface area (Å²) in [5, 5.41) is 6.00. The summed E-state index contributed by atoms with van der Waals surface area (Å²) < 4.78 is 0. The summed E-state index contributed by atoms with van der Waals surface area (Å²) >= 11 is 0. The van der Waals surface area contributed by atoms with Crippen molar-refractivity contribution >= 4 is 11.8 Å². The van der Waals surface area contributed by atoms with Crippen LogP contribution in [-0.4, -0.2) is 42.9 Å². The van der Waals surface area contributed by atoms with Crippen LogP contribution in [0.3, 0.4) is 0 Å². The van der Waals surface area contributed by atoms with E-state index in [9.17, 15) is 9.59 Å². The number of hydrogen-bond acceptors (Lipinski definition) is 3. The van der Waals surface area contributed by atoms with Crippen LogP contribution in [0.4, 0.5) is 0 Å². The Morgan fingerprint density at radius 3 is 3.05 bits per heavy atom. The molecule has 5 nitrogen and oxygen atoms in total. The van der Waals surface area contributed by atoms with E-state index in [1.807, 2.05) is 11.0 Å². The average molecular weight is 301 g/mol. The van der Waals surface area contributed by atoms with Crippen molar-refractivity contribution in [1.29, 1.82) is 0 Å².